The third-order valence-corrected chi connectivity index (χ3v) is 4.40. The van der Waals surface area contributed by atoms with Crippen LogP contribution in [0.5, 0.6) is 0 Å². The summed E-state index contributed by atoms with van der Waals surface area (Å²) in [6.45, 7) is 2.15. The van der Waals surface area contributed by atoms with E-state index in [2.05, 4.69) is 29.3 Å². The molecule has 0 amide bonds. The van der Waals surface area contributed by atoms with Gasteiger partial charge in [-0.2, -0.15) is 0 Å². The summed E-state index contributed by atoms with van der Waals surface area (Å²) in [7, 11) is 0. The lowest BCUT2D eigenvalue weighted by molar-refractivity contribution is 1.06. The first-order chi connectivity index (χ1) is 8.79. The Kier molecular flexibility index (Phi) is 3.02. The standard InChI is InChI=1S/C14H11ClN2S/c1-2-9-7-8-12(18-9)13-10-5-3-4-6-11(10)14(15)17-16-13/h3-8H,2H2,1H3. The van der Waals surface area contributed by atoms with Crippen molar-refractivity contribution in [1.82, 2.24) is 10.2 Å². The van der Waals surface area contributed by atoms with Crippen molar-refractivity contribution < 1.29 is 0 Å². The van der Waals surface area contributed by atoms with Gasteiger partial charge in [0.05, 0.1) is 4.88 Å². The molecule has 0 saturated carbocycles. The largest absolute Gasteiger partial charge is 0.159 e. The van der Waals surface area contributed by atoms with Gasteiger partial charge in [-0.05, 0) is 18.6 Å². The molecule has 0 fully saturated rings. The Morgan fingerprint density at radius 3 is 2.56 bits per heavy atom. The van der Waals surface area contributed by atoms with Crippen molar-refractivity contribution in [3.05, 3.63) is 46.4 Å². The van der Waals surface area contributed by atoms with E-state index in [9.17, 15) is 0 Å². The second-order valence-electron chi connectivity index (χ2n) is 4.00. The topological polar surface area (TPSA) is 25.8 Å². The van der Waals surface area contributed by atoms with Crippen LogP contribution in [0.25, 0.3) is 21.3 Å². The summed E-state index contributed by atoms with van der Waals surface area (Å²) < 4.78 is 0. The smallest absolute Gasteiger partial charge is 0.147 e. The number of aryl methyl sites for hydroxylation is 1. The Bertz CT molecular complexity index is 706. The van der Waals surface area contributed by atoms with Crippen LogP contribution in [-0.2, 0) is 6.42 Å². The number of rotatable bonds is 2. The van der Waals surface area contributed by atoms with Crippen LogP contribution in [0.4, 0.5) is 0 Å². The molecule has 0 spiro atoms. The number of hydrogen-bond donors (Lipinski definition) is 0. The SMILES string of the molecule is CCc1ccc(-c2nnc(Cl)c3ccccc23)s1. The molecule has 0 radical (unpaired) electrons. The molecule has 0 aliphatic rings. The minimum atomic E-state index is 0.460. The molecule has 4 heteroatoms. The zero-order valence-electron chi connectivity index (χ0n) is 9.85. The zero-order valence-corrected chi connectivity index (χ0v) is 11.4. The van der Waals surface area contributed by atoms with Crippen LogP contribution in [0.3, 0.4) is 0 Å². The first-order valence-corrected chi connectivity index (χ1v) is 6.99. The van der Waals surface area contributed by atoms with E-state index in [1.54, 1.807) is 11.3 Å². The molecule has 0 bridgehead atoms. The maximum Gasteiger partial charge on any atom is 0.159 e. The van der Waals surface area contributed by atoms with E-state index in [0.29, 0.717) is 5.15 Å². The fraction of sp³-hybridized carbons (Fsp3) is 0.143. The number of hydrogen-bond acceptors (Lipinski definition) is 3. The zero-order chi connectivity index (χ0) is 12.5. The van der Waals surface area contributed by atoms with Gasteiger partial charge in [0.1, 0.15) is 5.69 Å². The Morgan fingerprint density at radius 1 is 1.06 bits per heavy atom. The fourth-order valence-corrected chi connectivity index (χ4v) is 3.10. The van der Waals surface area contributed by atoms with E-state index in [4.69, 9.17) is 11.6 Å². The van der Waals surface area contributed by atoms with E-state index in [-0.39, 0.29) is 0 Å². The summed E-state index contributed by atoms with van der Waals surface area (Å²) >= 11 is 7.84. The van der Waals surface area contributed by atoms with Crippen molar-refractivity contribution in [2.75, 3.05) is 0 Å². The lowest BCUT2D eigenvalue weighted by Crippen LogP contribution is -1.89. The van der Waals surface area contributed by atoms with E-state index >= 15 is 0 Å². The summed E-state index contributed by atoms with van der Waals surface area (Å²) in [5.74, 6) is 0. The highest BCUT2D eigenvalue weighted by Gasteiger charge is 2.11. The van der Waals surface area contributed by atoms with Gasteiger partial charge in [-0.25, -0.2) is 0 Å². The van der Waals surface area contributed by atoms with Crippen LogP contribution >= 0.6 is 22.9 Å². The predicted molar refractivity (Wildman–Crippen MR) is 77.2 cm³/mol. The van der Waals surface area contributed by atoms with Gasteiger partial charge in [0, 0.05) is 15.6 Å². The summed E-state index contributed by atoms with van der Waals surface area (Å²) in [5, 5.41) is 10.8. The van der Waals surface area contributed by atoms with Crippen molar-refractivity contribution in [3.63, 3.8) is 0 Å². The highest BCUT2D eigenvalue weighted by atomic mass is 35.5. The number of fused-ring (bicyclic) bond motifs is 1. The highest BCUT2D eigenvalue weighted by molar-refractivity contribution is 7.15. The minimum absolute atomic E-state index is 0.460. The van der Waals surface area contributed by atoms with Gasteiger partial charge in [-0.1, -0.05) is 42.8 Å². The lowest BCUT2D eigenvalue weighted by atomic mass is 10.1. The van der Waals surface area contributed by atoms with Gasteiger partial charge in [0.2, 0.25) is 0 Å². The Morgan fingerprint density at radius 2 is 1.83 bits per heavy atom. The molecular weight excluding hydrogens is 264 g/mol. The summed E-state index contributed by atoms with van der Waals surface area (Å²) in [5.41, 5.74) is 0.916. The second-order valence-corrected chi connectivity index (χ2v) is 5.53. The van der Waals surface area contributed by atoms with Gasteiger partial charge < -0.3 is 0 Å². The maximum absolute atomic E-state index is 6.08. The number of benzene rings is 1. The average Bonchev–Trinajstić information content (AvgIpc) is 2.88. The molecule has 0 aliphatic heterocycles. The van der Waals surface area contributed by atoms with Crippen molar-refractivity contribution in [2.24, 2.45) is 0 Å². The number of halogens is 1. The van der Waals surface area contributed by atoms with Gasteiger partial charge in [-0.15, -0.1) is 21.5 Å². The molecular formula is C14H11ClN2S. The van der Waals surface area contributed by atoms with Crippen LogP contribution in [0.1, 0.15) is 11.8 Å². The van der Waals surface area contributed by atoms with E-state index in [1.807, 2.05) is 24.3 Å². The average molecular weight is 275 g/mol. The van der Waals surface area contributed by atoms with E-state index in [0.717, 1.165) is 27.8 Å². The summed E-state index contributed by atoms with van der Waals surface area (Å²) in [4.78, 5) is 2.50. The Hall–Kier alpha value is -1.45. The van der Waals surface area contributed by atoms with Crippen LogP contribution < -0.4 is 0 Å². The Balaban J connectivity index is 2.26. The molecule has 3 aromatic rings. The number of thiophene rings is 1. The molecule has 3 rings (SSSR count). The van der Waals surface area contributed by atoms with E-state index in [1.165, 1.54) is 4.88 Å². The van der Waals surface area contributed by atoms with Crippen LogP contribution in [0.2, 0.25) is 5.15 Å². The Labute approximate surface area is 114 Å². The molecule has 2 nitrogen and oxygen atoms in total. The number of nitrogens with zero attached hydrogens (tertiary/aromatic N) is 2. The van der Waals surface area contributed by atoms with Crippen molar-refractivity contribution in [1.29, 1.82) is 0 Å². The highest BCUT2D eigenvalue weighted by Crippen LogP contribution is 2.33. The van der Waals surface area contributed by atoms with Gasteiger partial charge in [0.25, 0.3) is 0 Å². The summed E-state index contributed by atoms with van der Waals surface area (Å²) in [6.07, 6.45) is 1.05. The predicted octanol–water partition coefficient (Wildman–Crippen LogP) is 4.57. The van der Waals surface area contributed by atoms with Crippen molar-refractivity contribution >= 4 is 33.7 Å². The molecule has 18 heavy (non-hydrogen) atoms. The number of aromatic nitrogens is 2. The third-order valence-electron chi connectivity index (χ3n) is 2.89. The van der Waals surface area contributed by atoms with E-state index < -0.39 is 0 Å². The molecule has 0 atom stereocenters. The van der Waals surface area contributed by atoms with Crippen molar-refractivity contribution in [3.8, 4) is 10.6 Å². The second kappa shape index (κ2) is 4.67. The first-order valence-electron chi connectivity index (χ1n) is 5.79. The van der Waals surface area contributed by atoms with Crippen LogP contribution in [-0.4, -0.2) is 10.2 Å². The lowest BCUT2D eigenvalue weighted by Gasteiger charge is -2.03. The van der Waals surface area contributed by atoms with Crippen LogP contribution in [0.15, 0.2) is 36.4 Å². The van der Waals surface area contributed by atoms with Crippen LogP contribution in [0, 0.1) is 0 Å². The third kappa shape index (κ3) is 1.89. The molecule has 90 valence electrons. The molecule has 2 aromatic heterocycles. The first kappa shape index (κ1) is 11.6. The maximum atomic E-state index is 6.08. The molecule has 0 aliphatic carbocycles. The van der Waals surface area contributed by atoms with Crippen molar-refractivity contribution in [2.45, 2.75) is 13.3 Å². The quantitative estimate of drug-likeness (QED) is 0.684. The molecule has 1 aromatic carbocycles. The minimum Gasteiger partial charge on any atom is -0.147 e. The summed E-state index contributed by atoms with van der Waals surface area (Å²) in [6, 6.07) is 12.2. The van der Waals surface area contributed by atoms with Gasteiger partial charge in [0.15, 0.2) is 5.15 Å². The van der Waals surface area contributed by atoms with Gasteiger partial charge in [-0.3, -0.25) is 0 Å². The molecule has 0 saturated heterocycles. The molecule has 2 heterocycles. The molecule has 0 N–H and O–H groups in total. The molecule has 0 unspecified atom stereocenters. The fourth-order valence-electron chi connectivity index (χ4n) is 1.95. The normalized spacial score (nSPS) is 11.0. The van der Waals surface area contributed by atoms with Gasteiger partial charge >= 0.3 is 0 Å². The monoisotopic (exact) mass is 274 g/mol.